The maximum absolute atomic E-state index is 12.9. The van der Waals surface area contributed by atoms with Crippen LogP contribution >= 0.6 is 11.6 Å². The number of carbonyl (C=O) groups is 1. The average Bonchev–Trinajstić information content (AvgIpc) is 3.33. The van der Waals surface area contributed by atoms with Crippen LogP contribution in [0.15, 0.2) is 53.1 Å². The van der Waals surface area contributed by atoms with E-state index in [1.165, 1.54) is 0 Å². The van der Waals surface area contributed by atoms with Crippen molar-refractivity contribution in [2.24, 2.45) is 0 Å². The second-order valence-corrected chi connectivity index (χ2v) is 7.34. The van der Waals surface area contributed by atoms with Crippen molar-refractivity contribution in [3.8, 4) is 11.4 Å². The fourth-order valence-electron chi connectivity index (χ4n) is 3.58. The summed E-state index contributed by atoms with van der Waals surface area (Å²) in [5, 5.41) is 7.68. The van der Waals surface area contributed by atoms with Gasteiger partial charge >= 0.3 is 6.03 Å². The van der Waals surface area contributed by atoms with E-state index in [1.54, 1.807) is 6.92 Å². The molecule has 1 aliphatic heterocycles. The van der Waals surface area contributed by atoms with Gasteiger partial charge in [-0.3, -0.25) is 0 Å². The predicted octanol–water partition coefficient (Wildman–Crippen LogP) is 4.94. The molecule has 1 aromatic heterocycles. The molecule has 2 amide bonds. The van der Waals surface area contributed by atoms with Crippen LogP contribution in [0, 0.1) is 6.92 Å². The highest BCUT2D eigenvalue weighted by molar-refractivity contribution is 6.31. The van der Waals surface area contributed by atoms with Crippen LogP contribution in [-0.4, -0.2) is 33.7 Å². The first kappa shape index (κ1) is 18.5. The van der Waals surface area contributed by atoms with Gasteiger partial charge in [-0.25, -0.2) is 4.79 Å². The zero-order valence-electron chi connectivity index (χ0n) is 15.6. The first-order valence-electron chi connectivity index (χ1n) is 9.32. The van der Waals surface area contributed by atoms with Crippen molar-refractivity contribution < 1.29 is 9.32 Å². The number of hydrogen-bond acceptors (Lipinski definition) is 4. The number of likely N-dealkylation sites (tertiary alicyclic amines) is 1. The molecule has 0 bridgehead atoms. The molecule has 28 heavy (non-hydrogen) atoms. The van der Waals surface area contributed by atoms with Crippen LogP contribution in [0.3, 0.4) is 0 Å². The second-order valence-electron chi connectivity index (χ2n) is 6.93. The minimum absolute atomic E-state index is 0.101. The van der Waals surface area contributed by atoms with Crippen LogP contribution in [0.25, 0.3) is 11.4 Å². The molecule has 3 aromatic rings. The Morgan fingerprint density at radius 1 is 1.29 bits per heavy atom. The first-order chi connectivity index (χ1) is 13.6. The van der Waals surface area contributed by atoms with Gasteiger partial charge in [0.05, 0.1) is 0 Å². The summed E-state index contributed by atoms with van der Waals surface area (Å²) in [6.07, 6.45) is 2.72. The molecule has 1 atom stereocenters. The molecule has 0 aliphatic carbocycles. The highest BCUT2D eigenvalue weighted by atomic mass is 35.5. The van der Waals surface area contributed by atoms with E-state index in [1.807, 2.05) is 53.4 Å². The Labute approximate surface area is 168 Å². The van der Waals surface area contributed by atoms with Crippen molar-refractivity contribution in [3.63, 3.8) is 0 Å². The maximum atomic E-state index is 12.9. The second kappa shape index (κ2) is 8.02. The van der Waals surface area contributed by atoms with E-state index in [2.05, 4.69) is 15.5 Å². The number of urea groups is 1. The van der Waals surface area contributed by atoms with Gasteiger partial charge in [0.2, 0.25) is 11.7 Å². The zero-order valence-corrected chi connectivity index (χ0v) is 16.3. The fraction of sp³-hybridized carbons (Fsp3) is 0.286. The number of nitrogens with zero attached hydrogens (tertiary/aromatic N) is 3. The van der Waals surface area contributed by atoms with Crippen molar-refractivity contribution in [1.29, 1.82) is 0 Å². The summed E-state index contributed by atoms with van der Waals surface area (Å²) in [6.45, 7) is 2.49. The molecule has 1 fully saturated rings. The Bertz CT molecular complexity index is 988. The van der Waals surface area contributed by atoms with E-state index in [-0.39, 0.29) is 12.1 Å². The van der Waals surface area contributed by atoms with Crippen LogP contribution in [0.5, 0.6) is 0 Å². The number of aryl methyl sites for hydroxylation is 1. The summed E-state index contributed by atoms with van der Waals surface area (Å²) < 4.78 is 5.03. The summed E-state index contributed by atoms with van der Waals surface area (Å²) in [5.41, 5.74) is 2.57. The molecule has 7 heteroatoms. The normalized spacial score (nSPS) is 16.4. The van der Waals surface area contributed by atoms with Crippen molar-refractivity contribution in [2.45, 2.75) is 32.2 Å². The van der Waals surface area contributed by atoms with Crippen molar-refractivity contribution >= 4 is 23.3 Å². The van der Waals surface area contributed by atoms with E-state index in [0.717, 1.165) is 42.0 Å². The number of halogens is 1. The molecule has 1 N–H and O–H groups in total. The SMILES string of the molecule is Cc1nc(-c2cccc(NC(=O)N3CCCC3Cc3ccccc3Cl)c2)no1. The van der Waals surface area contributed by atoms with Crippen molar-refractivity contribution in [3.05, 3.63) is 65.0 Å². The van der Waals surface area contributed by atoms with Gasteiger partial charge in [0.25, 0.3) is 0 Å². The van der Waals surface area contributed by atoms with Crippen molar-refractivity contribution in [2.75, 3.05) is 11.9 Å². The smallest absolute Gasteiger partial charge is 0.322 e. The van der Waals surface area contributed by atoms with E-state index in [9.17, 15) is 4.79 Å². The molecule has 1 saturated heterocycles. The van der Waals surface area contributed by atoms with Crippen LogP contribution in [-0.2, 0) is 6.42 Å². The minimum atomic E-state index is -0.101. The Morgan fingerprint density at radius 3 is 2.93 bits per heavy atom. The van der Waals surface area contributed by atoms with Gasteiger partial charge in [0.1, 0.15) is 0 Å². The lowest BCUT2D eigenvalue weighted by Gasteiger charge is -2.25. The molecule has 4 rings (SSSR count). The number of anilines is 1. The number of carbonyl (C=O) groups excluding carboxylic acids is 1. The number of amides is 2. The van der Waals surface area contributed by atoms with Gasteiger partial charge in [-0.05, 0) is 43.0 Å². The van der Waals surface area contributed by atoms with E-state index in [4.69, 9.17) is 16.1 Å². The molecule has 2 aromatic carbocycles. The summed E-state index contributed by atoms with van der Waals surface area (Å²) in [6, 6.07) is 15.3. The van der Waals surface area contributed by atoms with Crippen LogP contribution in [0.1, 0.15) is 24.3 Å². The Balaban J connectivity index is 1.46. The lowest BCUT2D eigenvalue weighted by Crippen LogP contribution is -2.39. The molecule has 0 radical (unpaired) electrons. The van der Waals surface area contributed by atoms with Gasteiger partial charge in [-0.2, -0.15) is 4.98 Å². The molecule has 144 valence electrons. The number of nitrogens with one attached hydrogen (secondary N) is 1. The number of rotatable bonds is 4. The van der Waals surface area contributed by atoms with Gasteiger partial charge in [0, 0.05) is 35.8 Å². The lowest BCUT2D eigenvalue weighted by atomic mass is 10.0. The molecule has 0 saturated carbocycles. The number of benzene rings is 2. The van der Waals surface area contributed by atoms with Gasteiger partial charge in [-0.15, -0.1) is 0 Å². The topological polar surface area (TPSA) is 71.3 Å². The summed E-state index contributed by atoms with van der Waals surface area (Å²) in [7, 11) is 0. The summed E-state index contributed by atoms with van der Waals surface area (Å²) in [4.78, 5) is 19.0. The quantitative estimate of drug-likeness (QED) is 0.678. The summed E-state index contributed by atoms with van der Waals surface area (Å²) in [5.74, 6) is 1.01. The lowest BCUT2D eigenvalue weighted by molar-refractivity contribution is 0.206. The molecule has 0 spiro atoms. The molecular formula is C21H21ClN4O2. The molecule has 1 unspecified atom stereocenters. The number of aromatic nitrogens is 2. The molecule has 2 heterocycles. The van der Waals surface area contributed by atoms with Crippen LogP contribution in [0.2, 0.25) is 5.02 Å². The number of hydrogen-bond donors (Lipinski definition) is 1. The van der Waals surface area contributed by atoms with Gasteiger partial charge in [-0.1, -0.05) is 47.1 Å². The standard InChI is InChI=1S/C21H21ClN4O2/c1-14-23-20(25-28-14)16-7-4-8-17(12-16)24-21(27)26-11-5-9-18(26)13-15-6-2-3-10-19(15)22/h2-4,6-8,10,12,18H,5,9,11,13H2,1H3,(H,24,27). The van der Waals surface area contributed by atoms with E-state index < -0.39 is 0 Å². The minimum Gasteiger partial charge on any atom is -0.339 e. The third-order valence-electron chi connectivity index (χ3n) is 4.95. The van der Waals surface area contributed by atoms with E-state index in [0.29, 0.717) is 17.4 Å². The fourth-order valence-corrected chi connectivity index (χ4v) is 3.79. The average molecular weight is 397 g/mol. The Hall–Kier alpha value is -2.86. The first-order valence-corrected chi connectivity index (χ1v) is 9.70. The Morgan fingerprint density at radius 2 is 2.14 bits per heavy atom. The third kappa shape index (κ3) is 4.02. The highest BCUT2D eigenvalue weighted by Gasteiger charge is 2.29. The monoisotopic (exact) mass is 396 g/mol. The van der Waals surface area contributed by atoms with Crippen molar-refractivity contribution in [1.82, 2.24) is 15.0 Å². The largest absolute Gasteiger partial charge is 0.339 e. The summed E-state index contributed by atoms with van der Waals surface area (Å²) >= 11 is 6.30. The Kier molecular flexibility index (Phi) is 5.30. The van der Waals surface area contributed by atoms with Gasteiger partial charge < -0.3 is 14.7 Å². The molecule has 1 aliphatic rings. The van der Waals surface area contributed by atoms with E-state index >= 15 is 0 Å². The van der Waals surface area contributed by atoms with Crippen LogP contribution < -0.4 is 5.32 Å². The highest BCUT2D eigenvalue weighted by Crippen LogP contribution is 2.26. The molecule has 6 nitrogen and oxygen atoms in total. The zero-order chi connectivity index (χ0) is 19.5. The maximum Gasteiger partial charge on any atom is 0.322 e. The predicted molar refractivity (Wildman–Crippen MR) is 108 cm³/mol. The molecular weight excluding hydrogens is 376 g/mol. The van der Waals surface area contributed by atoms with Gasteiger partial charge in [0.15, 0.2) is 0 Å². The third-order valence-corrected chi connectivity index (χ3v) is 5.32. The van der Waals surface area contributed by atoms with Crippen LogP contribution in [0.4, 0.5) is 10.5 Å².